The maximum Gasteiger partial charge on any atom is 0.236 e. The Hall–Kier alpha value is -2.18. The van der Waals surface area contributed by atoms with Gasteiger partial charge in [0.25, 0.3) is 0 Å². The Morgan fingerprint density at radius 2 is 2.27 bits per heavy atom. The highest BCUT2D eigenvalue weighted by atomic mass is 35.5. The monoisotopic (exact) mass is 333 g/mol. The van der Waals surface area contributed by atoms with Crippen molar-refractivity contribution in [3.05, 3.63) is 52.3 Å². The van der Waals surface area contributed by atoms with Crippen molar-refractivity contribution < 1.29 is 9.21 Å². The van der Waals surface area contributed by atoms with Crippen molar-refractivity contribution in [1.29, 1.82) is 0 Å². The van der Waals surface area contributed by atoms with E-state index in [0.29, 0.717) is 28.2 Å². The van der Waals surface area contributed by atoms with Gasteiger partial charge in [-0.2, -0.15) is 0 Å². The molecule has 0 bridgehead atoms. The van der Waals surface area contributed by atoms with E-state index < -0.39 is 0 Å². The molecule has 5 nitrogen and oxygen atoms in total. The molecule has 0 aliphatic rings. The lowest BCUT2D eigenvalue weighted by atomic mass is 10.2. The maximum absolute atomic E-state index is 12.1. The van der Waals surface area contributed by atoms with Gasteiger partial charge in [-0.25, -0.2) is 9.97 Å². The number of rotatable bonds is 4. The van der Waals surface area contributed by atoms with Gasteiger partial charge in [0.15, 0.2) is 0 Å². The van der Waals surface area contributed by atoms with Gasteiger partial charge in [-0.05, 0) is 30.5 Å². The Labute approximate surface area is 136 Å². The number of carbonyl (C=O) groups excluding carboxylic acids is 1. The molecule has 3 aromatic rings. The molecule has 0 spiro atoms. The topological polar surface area (TPSA) is 68.0 Å². The first-order valence-corrected chi connectivity index (χ1v) is 7.79. The molecular weight excluding hydrogens is 322 g/mol. The number of pyridine rings is 1. The van der Waals surface area contributed by atoms with Gasteiger partial charge in [0, 0.05) is 6.20 Å². The van der Waals surface area contributed by atoms with Crippen molar-refractivity contribution in [2.45, 2.75) is 13.3 Å². The Bertz CT molecular complexity index is 782. The average molecular weight is 334 g/mol. The van der Waals surface area contributed by atoms with E-state index in [-0.39, 0.29) is 12.3 Å². The Kier molecular flexibility index (Phi) is 4.22. The second kappa shape index (κ2) is 6.29. The predicted molar refractivity (Wildman–Crippen MR) is 86.1 cm³/mol. The van der Waals surface area contributed by atoms with Gasteiger partial charge in [0.1, 0.15) is 11.6 Å². The Morgan fingerprint density at radius 3 is 2.95 bits per heavy atom. The molecular formula is C15H12ClN3O2S. The normalized spacial score (nSPS) is 10.6. The number of halogens is 1. The number of aromatic nitrogens is 2. The van der Waals surface area contributed by atoms with Gasteiger partial charge in [-0.1, -0.05) is 17.7 Å². The van der Waals surface area contributed by atoms with E-state index >= 15 is 0 Å². The van der Waals surface area contributed by atoms with Crippen LogP contribution < -0.4 is 5.32 Å². The van der Waals surface area contributed by atoms with Crippen LogP contribution in [0.4, 0.5) is 5.82 Å². The summed E-state index contributed by atoms with van der Waals surface area (Å²) in [5.41, 5.74) is 0.620. The summed E-state index contributed by atoms with van der Waals surface area (Å²) < 4.78 is 5.61. The van der Waals surface area contributed by atoms with Crippen LogP contribution in [0.5, 0.6) is 0 Å². The molecule has 0 radical (unpaired) electrons. The zero-order chi connectivity index (χ0) is 15.5. The molecule has 0 saturated carbocycles. The zero-order valence-electron chi connectivity index (χ0n) is 11.7. The number of carbonyl (C=O) groups is 1. The van der Waals surface area contributed by atoms with Crippen LogP contribution >= 0.6 is 22.9 Å². The molecule has 0 aliphatic carbocycles. The standard InChI is InChI=1S/C15H12ClN3O2S/c1-9-11(18-15(21-9)12-3-2-6-22-12)7-14(20)19-13-5-4-10(16)8-17-13/h2-6,8H,7H2,1H3,(H,17,19,20). The van der Waals surface area contributed by atoms with Crippen LogP contribution in [0.3, 0.4) is 0 Å². The van der Waals surface area contributed by atoms with Crippen molar-refractivity contribution >= 4 is 34.7 Å². The van der Waals surface area contributed by atoms with Crippen LogP contribution in [-0.4, -0.2) is 15.9 Å². The number of thiophene rings is 1. The summed E-state index contributed by atoms with van der Waals surface area (Å²) in [4.78, 5) is 21.4. The summed E-state index contributed by atoms with van der Waals surface area (Å²) in [7, 11) is 0. The summed E-state index contributed by atoms with van der Waals surface area (Å²) in [6.07, 6.45) is 1.61. The van der Waals surface area contributed by atoms with Crippen molar-refractivity contribution in [2.24, 2.45) is 0 Å². The third-order valence-corrected chi connectivity index (χ3v) is 4.03. The van der Waals surface area contributed by atoms with Gasteiger partial charge in [-0.15, -0.1) is 11.3 Å². The van der Waals surface area contributed by atoms with Gasteiger partial charge >= 0.3 is 0 Å². The van der Waals surface area contributed by atoms with Gasteiger partial charge < -0.3 is 9.73 Å². The third kappa shape index (κ3) is 3.35. The molecule has 0 fully saturated rings. The van der Waals surface area contributed by atoms with E-state index in [0.717, 1.165) is 4.88 Å². The van der Waals surface area contributed by atoms with Crippen LogP contribution in [-0.2, 0) is 11.2 Å². The largest absolute Gasteiger partial charge is 0.440 e. The van der Waals surface area contributed by atoms with E-state index in [2.05, 4.69) is 15.3 Å². The van der Waals surface area contributed by atoms with Crippen molar-refractivity contribution in [2.75, 3.05) is 5.32 Å². The maximum atomic E-state index is 12.1. The lowest BCUT2D eigenvalue weighted by molar-refractivity contribution is -0.115. The smallest absolute Gasteiger partial charge is 0.236 e. The minimum atomic E-state index is -0.205. The minimum absolute atomic E-state index is 0.130. The lowest BCUT2D eigenvalue weighted by Gasteiger charge is -2.02. The molecule has 0 saturated heterocycles. The number of amides is 1. The Morgan fingerprint density at radius 1 is 1.41 bits per heavy atom. The molecule has 0 atom stereocenters. The number of hydrogen-bond donors (Lipinski definition) is 1. The third-order valence-electron chi connectivity index (χ3n) is 2.95. The zero-order valence-corrected chi connectivity index (χ0v) is 13.2. The SMILES string of the molecule is Cc1oc(-c2cccs2)nc1CC(=O)Nc1ccc(Cl)cn1. The molecule has 0 unspecified atom stereocenters. The van der Waals surface area contributed by atoms with Gasteiger partial charge in [0.2, 0.25) is 11.8 Å². The molecule has 3 rings (SSSR count). The molecule has 3 heterocycles. The molecule has 1 N–H and O–H groups in total. The fourth-order valence-electron chi connectivity index (χ4n) is 1.89. The molecule has 3 aromatic heterocycles. The van der Waals surface area contributed by atoms with E-state index in [1.165, 1.54) is 6.20 Å². The first-order valence-electron chi connectivity index (χ1n) is 6.53. The van der Waals surface area contributed by atoms with Crippen LogP contribution in [0.1, 0.15) is 11.5 Å². The number of nitrogens with zero attached hydrogens (tertiary/aromatic N) is 2. The average Bonchev–Trinajstić information content (AvgIpc) is 3.12. The summed E-state index contributed by atoms with van der Waals surface area (Å²) in [6, 6.07) is 7.17. The number of anilines is 1. The van der Waals surface area contributed by atoms with E-state index in [1.54, 1.807) is 30.4 Å². The second-order valence-electron chi connectivity index (χ2n) is 4.59. The fourth-order valence-corrected chi connectivity index (χ4v) is 2.65. The molecule has 7 heteroatoms. The first-order chi connectivity index (χ1) is 10.6. The first kappa shape index (κ1) is 14.7. The summed E-state index contributed by atoms with van der Waals surface area (Å²) in [5.74, 6) is 1.43. The molecule has 1 amide bonds. The van der Waals surface area contributed by atoms with Crippen LogP contribution in [0.2, 0.25) is 5.02 Å². The van der Waals surface area contributed by atoms with Crippen LogP contribution in [0.25, 0.3) is 10.8 Å². The van der Waals surface area contributed by atoms with Crippen LogP contribution in [0, 0.1) is 6.92 Å². The molecule has 22 heavy (non-hydrogen) atoms. The van der Waals surface area contributed by atoms with Crippen molar-refractivity contribution in [3.8, 4) is 10.8 Å². The Balaban J connectivity index is 1.70. The van der Waals surface area contributed by atoms with Gasteiger partial charge in [0.05, 0.1) is 22.0 Å². The number of oxazole rings is 1. The lowest BCUT2D eigenvalue weighted by Crippen LogP contribution is -2.15. The fraction of sp³-hybridized carbons (Fsp3) is 0.133. The van der Waals surface area contributed by atoms with Crippen molar-refractivity contribution in [3.63, 3.8) is 0 Å². The molecule has 112 valence electrons. The number of nitrogens with one attached hydrogen (secondary N) is 1. The van der Waals surface area contributed by atoms with E-state index in [4.69, 9.17) is 16.0 Å². The summed E-state index contributed by atoms with van der Waals surface area (Å²) in [6.45, 7) is 1.80. The van der Waals surface area contributed by atoms with Gasteiger partial charge in [-0.3, -0.25) is 4.79 Å². The highest BCUT2D eigenvalue weighted by molar-refractivity contribution is 7.13. The quantitative estimate of drug-likeness (QED) is 0.785. The minimum Gasteiger partial charge on any atom is -0.440 e. The molecule has 0 aromatic carbocycles. The molecule has 0 aliphatic heterocycles. The highest BCUT2D eigenvalue weighted by Crippen LogP contribution is 2.26. The van der Waals surface area contributed by atoms with E-state index in [1.807, 2.05) is 17.5 Å². The van der Waals surface area contributed by atoms with Crippen molar-refractivity contribution in [1.82, 2.24) is 9.97 Å². The van der Waals surface area contributed by atoms with Crippen LogP contribution in [0.15, 0.2) is 40.3 Å². The van der Waals surface area contributed by atoms with E-state index in [9.17, 15) is 4.79 Å². The summed E-state index contributed by atoms with van der Waals surface area (Å²) >= 11 is 7.30. The predicted octanol–water partition coefficient (Wildman–Crippen LogP) is 3.94. The second-order valence-corrected chi connectivity index (χ2v) is 5.97. The number of hydrogen-bond acceptors (Lipinski definition) is 5. The summed E-state index contributed by atoms with van der Waals surface area (Å²) in [5, 5.41) is 5.17. The highest BCUT2D eigenvalue weighted by Gasteiger charge is 2.15. The number of aryl methyl sites for hydroxylation is 1.